The number of nitro groups is 1. The molecule has 0 aliphatic rings. The Balaban J connectivity index is 2.25. The molecule has 1 unspecified atom stereocenters. The van der Waals surface area contributed by atoms with Crippen LogP contribution in [0.5, 0.6) is 0 Å². The second-order valence-corrected chi connectivity index (χ2v) is 8.16. The molecule has 0 spiro atoms. The molecule has 1 atom stereocenters. The van der Waals surface area contributed by atoms with Crippen LogP contribution in [0, 0.1) is 10.1 Å². The number of carbonyl (C=O) groups excluding carboxylic acids is 3. The van der Waals surface area contributed by atoms with E-state index in [1.165, 1.54) is 42.2 Å². The van der Waals surface area contributed by atoms with Crippen molar-refractivity contribution in [3.63, 3.8) is 0 Å². The van der Waals surface area contributed by atoms with E-state index in [2.05, 4.69) is 5.32 Å². The molecule has 10 nitrogen and oxygen atoms in total. The van der Waals surface area contributed by atoms with Crippen LogP contribution in [0.2, 0.25) is 0 Å². The second-order valence-electron chi connectivity index (χ2n) is 8.16. The Morgan fingerprint density at radius 1 is 1.16 bits per heavy atom. The van der Waals surface area contributed by atoms with Gasteiger partial charge >= 0.3 is 5.97 Å². The summed E-state index contributed by atoms with van der Waals surface area (Å²) in [6.45, 7) is 8.28. The van der Waals surface area contributed by atoms with Crippen molar-refractivity contribution in [2.45, 2.75) is 46.3 Å². The highest BCUT2D eigenvalue weighted by atomic mass is 16.6. The summed E-state index contributed by atoms with van der Waals surface area (Å²) in [5, 5.41) is 13.4. The van der Waals surface area contributed by atoms with Gasteiger partial charge in [0.05, 0.1) is 4.92 Å². The van der Waals surface area contributed by atoms with Crippen LogP contribution < -0.4 is 5.32 Å². The highest BCUT2D eigenvalue weighted by Crippen LogP contribution is 2.25. The highest BCUT2D eigenvalue weighted by molar-refractivity contribution is 5.95. The van der Waals surface area contributed by atoms with Gasteiger partial charge in [-0.15, -0.1) is 0 Å². The molecule has 0 bridgehead atoms. The van der Waals surface area contributed by atoms with Gasteiger partial charge in [0.2, 0.25) is 5.91 Å². The van der Waals surface area contributed by atoms with Crippen LogP contribution in [0.3, 0.4) is 0 Å². The summed E-state index contributed by atoms with van der Waals surface area (Å²) in [4.78, 5) is 48.5. The van der Waals surface area contributed by atoms with E-state index in [-0.39, 0.29) is 30.4 Å². The zero-order valence-electron chi connectivity index (χ0n) is 18.7. The molecule has 0 aliphatic heterocycles. The lowest BCUT2D eigenvalue weighted by Crippen LogP contribution is -2.48. The maximum atomic E-state index is 13.1. The fourth-order valence-corrected chi connectivity index (χ4v) is 2.83. The molecule has 10 heteroatoms. The van der Waals surface area contributed by atoms with Gasteiger partial charge in [-0.3, -0.25) is 19.7 Å². The topological polar surface area (TPSA) is 132 Å². The number of carbonyl (C=O) groups is 3. The number of hydrogen-bond donors (Lipinski definition) is 1. The number of amides is 2. The van der Waals surface area contributed by atoms with Crippen LogP contribution in [-0.2, 0) is 14.3 Å². The predicted octanol–water partition coefficient (Wildman–Crippen LogP) is 3.16. The van der Waals surface area contributed by atoms with Crippen molar-refractivity contribution in [3.05, 3.63) is 52.3 Å². The van der Waals surface area contributed by atoms with Crippen LogP contribution in [0.15, 0.2) is 40.8 Å². The molecule has 1 aromatic heterocycles. The molecule has 0 fully saturated rings. The van der Waals surface area contributed by atoms with Crippen LogP contribution in [0.25, 0.3) is 11.3 Å². The third-order valence-electron chi connectivity index (χ3n) is 4.38. The molecule has 2 aromatic rings. The van der Waals surface area contributed by atoms with Crippen molar-refractivity contribution >= 4 is 23.5 Å². The number of furan rings is 1. The second kappa shape index (κ2) is 10.1. The molecule has 1 N–H and O–H groups in total. The lowest BCUT2D eigenvalue weighted by Gasteiger charge is -2.30. The van der Waals surface area contributed by atoms with Crippen molar-refractivity contribution in [2.75, 3.05) is 13.1 Å². The molecule has 172 valence electrons. The Labute approximate surface area is 185 Å². The number of benzene rings is 1. The standard InChI is InChI=1S/C22H27N3O7/c1-14(21(28)32-22(3,4)5)24(13-12-23-15(2)26)20(27)19-11-10-18(31-19)16-6-8-17(9-7-16)25(29)30/h6-11,14H,12-13H2,1-5H3,(H,23,26). The average molecular weight is 445 g/mol. The Morgan fingerprint density at radius 2 is 1.78 bits per heavy atom. The lowest BCUT2D eigenvalue weighted by molar-refractivity contribution is -0.384. The first-order valence-corrected chi connectivity index (χ1v) is 10.0. The van der Waals surface area contributed by atoms with E-state index in [9.17, 15) is 24.5 Å². The summed E-state index contributed by atoms with van der Waals surface area (Å²) < 4.78 is 11.1. The molecule has 1 aromatic carbocycles. The fraction of sp³-hybridized carbons (Fsp3) is 0.409. The highest BCUT2D eigenvalue weighted by Gasteiger charge is 2.31. The summed E-state index contributed by atoms with van der Waals surface area (Å²) in [6.07, 6.45) is 0. The summed E-state index contributed by atoms with van der Waals surface area (Å²) in [5.41, 5.74) is -0.238. The Hall–Kier alpha value is -3.69. The number of nitro benzene ring substituents is 1. The van der Waals surface area contributed by atoms with Gasteiger partial charge in [-0.05, 0) is 52.0 Å². The first kappa shape index (κ1) is 24.6. The third-order valence-corrected chi connectivity index (χ3v) is 4.38. The molecular weight excluding hydrogens is 418 g/mol. The molecule has 2 rings (SSSR count). The molecule has 0 aliphatic carbocycles. The van der Waals surface area contributed by atoms with Gasteiger partial charge in [-0.1, -0.05) is 0 Å². The first-order valence-electron chi connectivity index (χ1n) is 10.0. The lowest BCUT2D eigenvalue weighted by atomic mass is 10.1. The number of nitrogens with one attached hydrogen (secondary N) is 1. The molecular formula is C22H27N3O7. The smallest absolute Gasteiger partial charge is 0.329 e. The van der Waals surface area contributed by atoms with Gasteiger partial charge in [-0.25, -0.2) is 4.79 Å². The van der Waals surface area contributed by atoms with Gasteiger partial charge in [0, 0.05) is 37.7 Å². The SMILES string of the molecule is CC(=O)NCCN(C(=O)c1ccc(-c2ccc([N+](=O)[O-])cc2)o1)C(C)C(=O)OC(C)(C)C. The van der Waals surface area contributed by atoms with Crippen LogP contribution >= 0.6 is 0 Å². The maximum absolute atomic E-state index is 13.1. The monoisotopic (exact) mass is 445 g/mol. The van der Waals surface area contributed by atoms with Crippen molar-refractivity contribution in [3.8, 4) is 11.3 Å². The number of rotatable bonds is 8. The Kier molecular flexibility index (Phi) is 7.74. The van der Waals surface area contributed by atoms with E-state index in [0.29, 0.717) is 11.3 Å². The maximum Gasteiger partial charge on any atom is 0.329 e. The summed E-state index contributed by atoms with van der Waals surface area (Å²) in [6, 6.07) is 7.81. The van der Waals surface area contributed by atoms with Gasteiger partial charge in [0.1, 0.15) is 17.4 Å². The normalized spacial score (nSPS) is 12.0. The van der Waals surface area contributed by atoms with Crippen LogP contribution in [-0.4, -0.2) is 52.3 Å². The third kappa shape index (κ3) is 6.66. The quantitative estimate of drug-likeness (QED) is 0.375. The Morgan fingerprint density at radius 3 is 2.31 bits per heavy atom. The predicted molar refractivity (Wildman–Crippen MR) is 116 cm³/mol. The van der Waals surface area contributed by atoms with Crippen molar-refractivity contribution in [1.29, 1.82) is 0 Å². The first-order chi connectivity index (χ1) is 14.9. The van der Waals surface area contributed by atoms with Crippen LogP contribution in [0.4, 0.5) is 5.69 Å². The molecule has 0 saturated carbocycles. The summed E-state index contributed by atoms with van der Waals surface area (Å²) in [7, 11) is 0. The average Bonchev–Trinajstić information content (AvgIpc) is 3.19. The van der Waals surface area contributed by atoms with Gasteiger partial charge < -0.3 is 19.4 Å². The van der Waals surface area contributed by atoms with E-state index >= 15 is 0 Å². The van der Waals surface area contributed by atoms with Gasteiger partial charge in [0.15, 0.2) is 5.76 Å². The minimum Gasteiger partial charge on any atom is -0.458 e. The van der Waals surface area contributed by atoms with Crippen molar-refractivity contribution in [1.82, 2.24) is 10.2 Å². The van der Waals surface area contributed by atoms with Crippen molar-refractivity contribution in [2.24, 2.45) is 0 Å². The number of hydrogen-bond acceptors (Lipinski definition) is 7. The zero-order chi connectivity index (χ0) is 24.1. The van der Waals surface area contributed by atoms with E-state index < -0.39 is 28.4 Å². The largest absolute Gasteiger partial charge is 0.458 e. The van der Waals surface area contributed by atoms with Crippen molar-refractivity contribution < 1.29 is 28.5 Å². The van der Waals surface area contributed by atoms with E-state index in [1.807, 2.05) is 0 Å². The molecule has 32 heavy (non-hydrogen) atoms. The number of esters is 1. The number of nitrogens with zero attached hydrogens (tertiary/aromatic N) is 2. The van der Waals surface area contributed by atoms with E-state index in [0.717, 1.165) is 0 Å². The molecule has 2 amide bonds. The molecule has 1 heterocycles. The molecule has 0 saturated heterocycles. The van der Waals surface area contributed by atoms with E-state index in [4.69, 9.17) is 9.15 Å². The van der Waals surface area contributed by atoms with E-state index in [1.54, 1.807) is 33.8 Å². The number of non-ortho nitro benzene ring substituents is 1. The Bertz CT molecular complexity index is 990. The van der Waals surface area contributed by atoms with Crippen LogP contribution in [0.1, 0.15) is 45.2 Å². The van der Waals surface area contributed by atoms with Gasteiger partial charge in [0.25, 0.3) is 11.6 Å². The minimum atomic E-state index is -0.927. The summed E-state index contributed by atoms with van der Waals surface area (Å²) in [5.74, 6) is -1.08. The minimum absolute atomic E-state index is 0.0170. The molecule has 0 radical (unpaired) electrons. The number of ether oxygens (including phenoxy) is 1. The zero-order valence-corrected chi connectivity index (χ0v) is 18.7. The van der Waals surface area contributed by atoms with Gasteiger partial charge in [-0.2, -0.15) is 0 Å². The summed E-state index contributed by atoms with van der Waals surface area (Å²) >= 11 is 0. The fourth-order valence-electron chi connectivity index (χ4n) is 2.83.